The van der Waals surface area contributed by atoms with Gasteiger partial charge in [-0.05, 0) is 87.5 Å². The summed E-state index contributed by atoms with van der Waals surface area (Å²) in [5.41, 5.74) is 3.93. The molecule has 0 radical (unpaired) electrons. The highest BCUT2D eigenvalue weighted by atomic mass is 28.3. The summed E-state index contributed by atoms with van der Waals surface area (Å²) in [6.07, 6.45) is 2.24. The van der Waals surface area contributed by atoms with Crippen molar-refractivity contribution in [3.05, 3.63) is 47.5 Å². The quantitative estimate of drug-likeness (QED) is 0.127. The zero-order valence-electron chi connectivity index (χ0n) is 39.0. The van der Waals surface area contributed by atoms with Gasteiger partial charge in [0.2, 0.25) is 5.88 Å². The molecule has 1 amide bonds. The number of halogens is 3. The molecule has 14 heteroatoms. The largest absolute Gasteiger partial charge is 0.471 e. The summed E-state index contributed by atoms with van der Waals surface area (Å²) < 4.78 is 68.7. The van der Waals surface area contributed by atoms with E-state index in [0.717, 1.165) is 25.8 Å². The highest BCUT2D eigenvalue weighted by Gasteiger charge is 2.55. The minimum absolute atomic E-state index is 0.0310. The first kappa shape index (κ1) is 44.6. The highest BCUT2D eigenvalue weighted by molar-refractivity contribution is 6.90. The van der Waals surface area contributed by atoms with Crippen LogP contribution in [0.3, 0.4) is 0 Å². The van der Waals surface area contributed by atoms with Gasteiger partial charge in [-0.1, -0.05) is 78.7 Å². The molecule has 0 saturated carbocycles. The van der Waals surface area contributed by atoms with Gasteiger partial charge in [0.25, 0.3) is 0 Å². The number of hydrogen-bond acceptors (Lipinski definition) is 9. The van der Waals surface area contributed by atoms with Crippen molar-refractivity contribution in [2.75, 3.05) is 31.1 Å². The molecule has 342 valence electrons. The number of carbonyl (C=O) groups is 1. The molecule has 5 aliphatic rings. The van der Waals surface area contributed by atoms with E-state index in [1.165, 1.54) is 6.07 Å². The van der Waals surface area contributed by atoms with Crippen molar-refractivity contribution in [3.63, 3.8) is 0 Å². The van der Waals surface area contributed by atoms with Gasteiger partial charge in [-0.25, -0.2) is 22.9 Å². The lowest BCUT2D eigenvalue weighted by Gasteiger charge is -2.48. The number of amides is 1. The van der Waals surface area contributed by atoms with Crippen LogP contribution in [0.4, 0.5) is 23.8 Å². The molecule has 4 aromatic rings. The predicted octanol–water partition coefficient (Wildman–Crippen LogP) is 10.8. The maximum Gasteiger partial charge on any atom is 0.410 e. The summed E-state index contributed by atoms with van der Waals surface area (Å²) in [5, 5.41) is 1.46. The van der Waals surface area contributed by atoms with Crippen molar-refractivity contribution < 1.29 is 32.2 Å². The molecule has 9 rings (SSSR count). The molecule has 10 nitrogen and oxygen atoms in total. The van der Waals surface area contributed by atoms with Crippen LogP contribution in [0.1, 0.15) is 113 Å². The Balaban J connectivity index is 1.24. The van der Waals surface area contributed by atoms with Crippen LogP contribution in [0.25, 0.3) is 32.9 Å². The van der Waals surface area contributed by atoms with E-state index in [1.54, 1.807) is 12.1 Å². The van der Waals surface area contributed by atoms with Gasteiger partial charge in [-0.15, -0.1) is 5.54 Å². The number of alkyl halides is 1. The van der Waals surface area contributed by atoms with E-state index in [9.17, 15) is 9.18 Å². The zero-order valence-corrected chi connectivity index (χ0v) is 40.0. The van der Waals surface area contributed by atoms with Gasteiger partial charge in [0.05, 0.1) is 29.2 Å². The fraction of sp³-hybridized carbons (Fsp3) is 0.600. The first-order valence-electron chi connectivity index (χ1n) is 23.5. The number of benzene rings is 2. The predicted molar refractivity (Wildman–Crippen MR) is 247 cm³/mol. The van der Waals surface area contributed by atoms with Gasteiger partial charge in [-0.2, -0.15) is 9.97 Å². The van der Waals surface area contributed by atoms with Crippen LogP contribution < -0.4 is 14.4 Å². The van der Waals surface area contributed by atoms with Crippen molar-refractivity contribution in [2.24, 2.45) is 0 Å². The standard InChI is InChI=1S/C50H63F3N6O4Si/c1-11-38-44-37-19-17-33(59(37)48(60)63-49(8,9)10)26-58(44)45-40-43(55-47(56-45)61-27-50-21-13-22-57(50)25-32(51)24-50)41(53)42(54-46(40)62-38)35-15-12-14-31-16-18-36(52)34(39(31)35)20-23-64(28(2)3,29(4)5)30(6)7/h12,14-16,18,28-30,32-33,37-38,44H,11,13,17,19,21-22,24-27H2,1-10H3/t32-,33-,37+,38+,44+,50+/m1/s1. The second-order valence-corrected chi connectivity index (χ2v) is 26.4. The summed E-state index contributed by atoms with van der Waals surface area (Å²) in [7, 11) is -2.31. The lowest BCUT2D eigenvalue weighted by atomic mass is 9.95. The minimum atomic E-state index is -2.31. The second-order valence-electron chi connectivity index (χ2n) is 20.9. The monoisotopic (exact) mass is 896 g/mol. The number of rotatable bonds is 8. The molecular formula is C50H63F3N6O4Si. The maximum atomic E-state index is 18.0. The molecule has 4 saturated heterocycles. The van der Waals surface area contributed by atoms with E-state index in [0.29, 0.717) is 76.5 Å². The summed E-state index contributed by atoms with van der Waals surface area (Å²) in [6, 6.07) is 7.67. The first-order valence-corrected chi connectivity index (χ1v) is 25.7. The van der Waals surface area contributed by atoms with Gasteiger partial charge in [0, 0.05) is 30.5 Å². The van der Waals surface area contributed by atoms with Crippen LogP contribution in [0.2, 0.25) is 16.6 Å². The number of nitrogens with zero attached hydrogens (tertiary/aromatic N) is 6. The number of piperazine rings is 1. The van der Waals surface area contributed by atoms with E-state index in [1.807, 2.05) is 44.7 Å². The lowest BCUT2D eigenvalue weighted by Crippen LogP contribution is -2.65. The van der Waals surface area contributed by atoms with Crippen LogP contribution in [0, 0.1) is 23.1 Å². The molecule has 0 aliphatic carbocycles. The number of fused-ring (bicyclic) bond motifs is 7. The number of pyridine rings is 1. The molecule has 2 bridgehead atoms. The van der Waals surface area contributed by atoms with E-state index in [-0.39, 0.29) is 53.4 Å². The number of carbonyl (C=O) groups excluding carboxylic acids is 1. The smallest absolute Gasteiger partial charge is 0.410 e. The Morgan fingerprint density at radius 2 is 1.75 bits per heavy atom. The van der Waals surface area contributed by atoms with Crippen LogP contribution in [-0.2, 0) is 4.74 Å². The van der Waals surface area contributed by atoms with Crippen molar-refractivity contribution in [3.8, 4) is 34.6 Å². The SMILES string of the molecule is CC[C@@H]1Oc2nc(-c3cccc4ccc(F)c(C#C[Si](C(C)C)(C(C)C)C(C)C)c34)c(F)c3nc(OC[C@@]45CCCN4C[C@H](F)C5)nc(c23)N2C[C@H]3CC[C@@H]([C@@H]12)N3C(=O)OC(C)(C)C. The first-order chi connectivity index (χ1) is 30.4. The fourth-order valence-electron chi connectivity index (χ4n) is 12.4. The Morgan fingerprint density at radius 3 is 2.45 bits per heavy atom. The van der Waals surface area contributed by atoms with Crippen molar-refractivity contribution in [1.82, 2.24) is 24.8 Å². The molecule has 7 heterocycles. The molecule has 0 unspecified atom stereocenters. The highest BCUT2D eigenvalue weighted by Crippen LogP contribution is 2.49. The molecule has 2 aromatic heterocycles. The van der Waals surface area contributed by atoms with Crippen LogP contribution in [0.5, 0.6) is 11.9 Å². The van der Waals surface area contributed by atoms with Gasteiger partial charge in [0.1, 0.15) is 60.8 Å². The third-order valence-corrected chi connectivity index (χ3v) is 21.4. The van der Waals surface area contributed by atoms with Gasteiger partial charge in [0.15, 0.2) is 5.82 Å². The molecule has 64 heavy (non-hydrogen) atoms. The summed E-state index contributed by atoms with van der Waals surface area (Å²) in [6.45, 7) is 22.6. The number of hydrogen-bond donors (Lipinski definition) is 0. The van der Waals surface area contributed by atoms with Crippen molar-refractivity contribution in [1.29, 1.82) is 0 Å². The minimum Gasteiger partial charge on any atom is -0.471 e. The van der Waals surface area contributed by atoms with Crippen LogP contribution in [0.15, 0.2) is 30.3 Å². The molecule has 4 fully saturated rings. The normalized spacial score (nSPS) is 25.5. The maximum absolute atomic E-state index is 18.0. The summed E-state index contributed by atoms with van der Waals surface area (Å²) in [4.78, 5) is 35.0. The number of aromatic nitrogens is 3. The number of anilines is 1. The van der Waals surface area contributed by atoms with Gasteiger partial charge in [-0.3, -0.25) is 9.80 Å². The summed E-state index contributed by atoms with van der Waals surface area (Å²) >= 11 is 0. The van der Waals surface area contributed by atoms with Gasteiger partial charge < -0.3 is 19.1 Å². The van der Waals surface area contributed by atoms with E-state index >= 15 is 8.78 Å². The Kier molecular flexibility index (Phi) is 11.4. The third-order valence-electron chi connectivity index (χ3n) is 15.1. The fourth-order valence-corrected chi connectivity index (χ4v) is 17.6. The zero-order chi connectivity index (χ0) is 45.6. The van der Waals surface area contributed by atoms with Crippen molar-refractivity contribution >= 4 is 41.7 Å². The van der Waals surface area contributed by atoms with Gasteiger partial charge >= 0.3 is 12.1 Å². The molecule has 5 aliphatic heterocycles. The van der Waals surface area contributed by atoms with E-state index in [2.05, 4.69) is 62.8 Å². The molecular weight excluding hydrogens is 834 g/mol. The Hall–Kier alpha value is -4.61. The number of ether oxygens (including phenoxy) is 3. The Bertz CT molecular complexity index is 2530. The Morgan fingerprint density at radius 1 is 1.00 bits per heavy atom. The molecule has 6 atom stereocenters. The van der Waals surface area contributed by atoms with Crippen LogP contribution >= 0.6 is 0 Å². The average Bonchev–Trinajstić information content (AvgIpc) is 3.84. The molecule has 2 aromatic carbocycles. The van der Waals surface area contributed by atoms with E-state index < -0.39 is 49.2 Å². The van der Waals surface area contributed by atoms with Crippen molar-refractivity contribution in [2.45, 2.75) is 166 Å². The topological polar surface area (TPSA) is 93.2 Å². The third kappa shape index (κ3) is 7.27. The summed E-state index contributed by atoms with van der Waals surface area (Å²) in [5.74, 6) is 2.71. The second kappa shape index (κ2) is 16.4. The molecule has 0 spiro atoms. The lowest BCUT2D eigenvalue weighted by molar-refractivity contribution is -0.000592. The molecule has 0 N–H and O–H groups in total. The van der Waals surface area contributed by atoms with E-state index in [4.69, 9.17) is 29.2 Å². The van der Waals surface area contributed by atoms with Crippen LogP contribution in [-0.4, -0.2) is 107 Å². The average molecular weight is 897 g/mol. The Labute approximate surface area is 376 Å².